The molecule has 7 nitrogen and oxygen atoms in total. The maximum Gasteiger partial charge on any atom is 0.305 e. The van der Waals surface area contributed by atoms with Crippen molar-refractivity contribution in [3.05, 3.63) is 11.4 Å². The van der Waals surface area contributed by atoms with Gasteiger partial charge in [0.05, 0.1) is 23.9 Å². The van der Waals surface area contributed by atoms with Gasteiger partial charge in [-0.15, -0.1) is 5.10 Å². The van der Waals surface area contributed by atoms with Crippen LogP contribution in [0.5, 0.6) is 0 Å². The highest BCUT2D eigenvalue weighted by Gasteiger charge is 2.41. The summed E-state index contributed by atoms with van der Waals surface area (Å²) in [7, 11) is 0. The monoisotopic (exact) mass is 377 g/mol. The number of hydrogen-bond acceptors (Lipinski definition) is 4. The zero-order chi connectivity index (χ0) is 19.8. The molecule has 7 heteroatoms. The van der Waals surface area contributed by atoms with Gasteiger partial charge in [-0.1, -0.05) is 26.0 Å². The molecular formula is C20H31N3O4. The van der Waals surface area contributed by atoms with Gasteiger partial charge in [0.15, 0.2) is 0 Å². The number of carboxylic acid groups (broad SMARTS) is 2. The fraction of sp³-hybridized carbons (Fsp3) is 0.800. The third-order valence-corrected chi connectivity index (χ3v) is 5.69. The van der Waals surface area contributed by atoms with Crippen LogP contribution in [0, 0.1) is 11.3 Å². The topological polar surface area (TPSA) is 105 Å². The molecule has 0 aromatic carbocycles. The highest BCUT2D eigenvalue weighted by molar-refractivity contribution is 5.68. The third-order valence-electron chi connectivity index (χ3n) is 5.69. The molecule has 3 rings (SSSR count). The van der Waals surface area contributed by atoms with Crippen LogP contribution in [0.15, 0.2) is 0 Å². The van der Waals surface area contributed by atoms with Crippen molar-refractivity contribution in [3.63, 3.8) is 0 Å². The second-order valence-corrected chi connectivity index (χ2v) is 9.56. The Kier molecular flexibility index (Phi) is 5.58. The summed E-state index contributed by atoms with van der Waals surface area (Å²) in [4.78, 5) is 22.3. The molecule has 150 valence electrons. The Morgan fingerprint density at radius 1 is 1.15 bits per heavy atom. The summed E-state index contributed by atoms with van der Waals surface area (Å²) in [5.74, 6) is -0.320. The molecule has 2 fully saturated rings. The van der Waals surface area contributed by atoms with Crippen molar-refractivity contribution < 1.29 is 19.8 Å². The predicted octanol–water partition coefficient (Wildman–Crippen LogP) is 3.97. The van der Waals surface area contributed by atoms with Gasteiger partial charge in [-0.05, 0) is 49.9 Å². The van der Waals surface area contributed by atoms with E-state index in [-0.39, 0.29) is 19.3 Å². The lowest BCUT2D eigenvalue weighted by molar-refractivity contribution is -0.140. The van der Waals surface area contributed by atoms with Crippen molar-refractivity contribution >= 4 is 11.9 Å². The average molecular weight is 377 g/mol. The van der Waals surface area contributed by atoms with Crippen LogP contribution in [0.25, 0.3) is 0 Å². The normalized spacial score (nSPS) is 23.7. The first-order valence-electron chi connectivity index (χ1n) is 10.0. The highest BCUT2D eigenvalue weighted by Crippen LogP contribution is 2.51. The van der Waals surface area contributed by atoms with Gasteiger partial charge in [0.25, 0.3) is 0 Å². The quantitative estimate of drug-likeness (QED) is 0.675. The standard InChI is InChI=1S/C20H31N3O4/c1-20(2,3)11-12-8-14(9-12)18-19(13-4-5-13)23(22-21-18)15(10-17(26)27)6-7-16(24)25/h12-15H,4-11H2,1-3H3,(H,24,25)(H,26,27)/t12?,14?,15-/m0/s1. The van der Waals surface area contributed by atoms with Crippen LogP contribution in [-0.2, 0) is 9.59 Å². The molecule has 2 aliphatic rings. The number of nitrogens with zero attached hydrogens (tertiary/aromatic N) is 3. The molecule has 0 unspecified atom stereocenters. The minimum absolute atomic E-state index is 0.0612. The average Bonchev–Trinajstić information content (AvgIpc) is 3.25. The maximum absolute atomic E-state index is 11.3. The first-order chi connectivity index (χ1) is 12.6. The Morgan fingerprint density at radius 3 is 2.33 bits per heavy atom. The van der Waals surface area contributed by atoms with Crippen LogP contribution in [0.1, 0.15) is 101 Å². The van der Waals surface area contributed by atoms with Crippen molar-refractivity contribution in [2.75, 3.05) is 0 Å². The van der Waals surface area contributed by atoms with E-state index in [0.29, 0.717) is 23.2 Å². The Hall–Kier alpha value is -1.92. The molecule has 0 amide bonds. The van der Waals surface area contributed by atoms with Gasteiger partial charge in [-0.3, -0.25) is 9.59 Å². The van der Waals surface area contributed by atoms with Gasteiger partial charge in [0.1, 0.15) is 0 Å². The number of hydrogen-bond donors (Lipinski definition) is 2. The first-order valence-corrected chi connectivity index (χ1v) is 10.0. The van der Waals surface area contributed by atoms with E-state index in [1.165, 1.54) is 6.42 Å². The van der Waals surface area contributed by atoms with Crippen molar-refractivity contribution in [2.24, 2.45) is 11.3 Å². The van der Waals surface area contributed by atoms with Gasteiger partial charge in [-0.2, -0.15) is 0 Å². The Labute approximate surface area is 160 Å². The lowest BCUT2D eigenvalue weighted by atomic mass is 9.67. The molecule has 0 aliphatic heterocycles. The lowest BCUT2D eigenvalue weighted by Gasteiger charge is -2.38. The second-order valence-electron chi connectivity index (χ2n) is 9.56. The Bertz CT molecular complexity index is 697. The molecule has 0 radical (unpaired) electrons. The molecule has 0 saturated heterocycles. The number of carbonyl (C=O) groups is 2. The smallest absolute Gasteiger partial charge is 0.305 e. The molecule has 2 aliphatic carbocycles. The highest BCUT2D eigenvalue weighted by atomic mass is 16.4. The van der Waals surface area contributed by atoms with E-state index >= 15 is 0 Å². The van der Waals surface area contributed by atoms with Crippen molar-refractivity contribution in [2.45, 2.75) is 90.0 Å². The Morgan fingerprint density at radius 2 is 1.81 bits per heavy atom. The van der Waals surface area contributed by atoms with E-state index in [1.807, 2.05) is 0 Å². The largest absolute Gasteiger partial charge is 0.481 e. The lowest BCUT2D eigenvalue weighted by Crippen LogP contribution is -2.27. The number of carboxylic acids is 2. The minimum atomic E-state index is -0.932. The van der Waals surface area contributed by atoms with E-state index in [9.17, 15) is 14.7 Å². The zero-order valence-corrected chi connectivity index (χ0v) is 16.5. The molecule has 2 N–H and O–H groups in total. The molecule has 27 heavy (non-hydrogen) atoms. The van der Waals surface area contributed by atoms with Crippen molar-refractivity contribution in [1.82, 2.24) is 15.0 Å². The van der Waals surface area contributed by atoms with E-state index in [1.54, 1.807) is 4.68 Å². The molecule has 2 saturated carbocycles. The van der Waals surface area contributed by atoms with Crippen molar-refractivity contribution in [1.29, 1.82) is 0 Å². The van der Waals surface area contributed by atoms with E-state index in [4.69, 9.17) is 5.11 Å². The molecule has 0 bridgehead atoms. The summed E-state index contributed by atoms with van der Waals surface area (Å²) in [5, 5.41) is 27.0. The van der Waals surface area contributed by atoms with Gasteiger partial charge >= 0.3 is 11.9 Å². The maximum atomic E-state index is 11.3. The SMILES string of the molecule is CC(C)(C)CC1CC(c2nnn([C@@H](CCC(=O)O)CC(=O)O)c2C2CC2)C1. The predicted molar refractivity (Wildman–Crippen MR) is 99.7 cm³/mol. The van der Waals surface area contributed by atoms with Crippen LogP contribution in [0.3, 0.4) is 0 Å². The number of rotatable bonds is 9. The summed E-state index contributed by atoms with van der Waals surface area (Å²) in [5.41, 5.74) is 2.44. The van der Waals surface area contributed by atoms with Gasteiger partial charge < -0.3 is 10.2 Å². The second kappa shape index (κ2) is 7.60. The fourth-order valence-corrected chi connectivity index (χ4v) is 4.42. The van der Waals surface area contributed by atoms with Crippen LogP contribution >= 0.6 is 0 Å². The molecule has 1 atom stereocenters. The van der Waals surface area contributed by atoms with Gasteiger partial charge in [-0.25, -0.2) is 4.68 Å². The van der Waals surface area contributed by atoms with Crippen LogP contribution in [-0.4, -0.2) is 37.1 Å². The van der Waals surface area contributed by atoms with E-state index in [2.05, 4.69) is 31.1 Å². The zero-order valence-electron chi connectivity index (χ0n) is 16.5. The van der Waals surface area contributed by atoms with Crippen LogP contribution in [0.2, 0.25) is 0 Å². The summed E-state index contributed by atoms with van der Waals surface area (Å²) >= 11 is 0. The molecule has 1 aromatic rings. The minimum Gasteiger partial charge on any atom is -0.481 e. The molecule has 1 aromatic heterocycles. The van der Waals surface area contributed by atoms with Gasteiger partial charge in [0.2, 0.25) is 0 Å². The molecular weight excluding hydrogens is 346 g/mol. The van der Waals surface area contributed by atoms with Crippen LogP contribution in [0.4, 0.5) is 0 Å². The number of aromatic nitrogens is 3. The summed E-state index contributed by atoms with van der Waals surface area (Å²) in [6.07, 6.45) is 5.69. The van der Waals surface area contributed by atoms with Crippen LogP contribution < -0.4 is 0 Å². The van der Waals surface area contributed by atoms with Crippen molar-refractivity contribution in [3.8, 4) is 0 Å². The first kappa shape index (κ1) is 19.8. The van der Waals surface area contributed by atoms with E-state index < -0.39 is 18.0 Å². The Balaban J connectivity index is 1.76. The summed E-state index contributed by atoms with van der Waals surface area (Å²) < 4.78 is 1.75. The molecule has 0 spiro atoms. The third kappa shape index (κ3) is 5.08. The summed E-state index contributed by atoms with van der Waals surface area (Å²) in [6, 6.07) is -0.444. The summed E-state index contributed by atoms with van der Waals surface area (Å²) in [6.45, 7) is 6.81. The van der Waals surface area contributed by atoms with Gasteiger partial charge in [0, 0.05) is 18.3 Å². The molecule has 1 heterocycles. The number of aliphatic carboxylic acids is 2. The fourth-order valence-electron chi connectivity index (χ4n) is 4.42. The van der Waals surface area contributed by atoms with E-state index in [0.717, 1.165) is 37.1 Å².